The summed E-state index contributed by atoms with van der Waals surface area (Å²) in [6.07, 6.45) is 0. The van der Waals surface area contributed by atoms with Crippen molar-refractivity contribution in [1.29, 1.82) is 0 Å². The molecule has 11 heteroatoms. The van der Waals surface area contributed by atoms with E-state index in [2.05, 4.69) is 4.98 Å². The van der Waals surface area contributed by atoms with Gasteiger partial charge in [-0.2, -0.15) is 0 Å². The third kappa shape index (κ3) is 4.66. The van der Waals surface area contributed by atoms with Gasteiger partial charge in [0, 0.05) is 5.02 Å². The van der Waals surface area contributed by atoms with Crippen LogP contribution in [0.1, 0.15) is 27.8 Å². The number of halogens is 1. The van der Waals surface area contributed by atoms with Crippen LogP contribution in [0.4, 0.5) is 0 Å². The molecule has 1 heterocycles. The number of H-pyrrole nitrogens is 1. The number of sulfonamides is 1. The molecule has 0 saturated carbocycles. The summed E-state index contributed by atoms with van der Waals surface area (Å²) in [4.78, 5) is 37.6. The molecule has 2 aromatic rings. The maximum absolute atomic E-state index is 12.5. The molecule has 2 rings (SSSR count). The molecule has 0 aliphatic rings. The van der Waals surface area contributed by atoms with Crippen LogP contribution in [-0.2, 0) is 14.8 Å². The second-order valence-electron chi connectivity index (χ2n) is 5.07. The Kier molecular flexibility index (Phi) is 6.24. The Morgan fingerprint density at radius 3 is 2.52 bits per heavy atom. The number of rotatable bonds is 6. The van der Waals surface area contributed by atoms with E-state index in [0.717, 1.165) is 18.2 Å². The van der Waals surface area contributed by atoms with Crippen molar-refractivity contribution in [2.24, 2.45) is 0 Å². The molecule has 0 fully saturated rings. The molecule has 1 aromatic heterocycles. The van der Waals surface area contributed by atoms with E-state index in [4.69, 9.17) is 21.1 Å². The second kappa shape index (κ2) is 8.23. The Hall–Kier alpha value is -2.85. The van der Waals surface area contributed by atoms with Crippen LogP contribution >= 0.6 is 11.6 Å². The van der Waals surface area contributed by atoms with Crippen molar-refractivity contribution in [3.8, 4) is 5.75 Å². The monoisotopic (exact) mass is 414 g/mol. The minimum atomic E-state index is -4.38. The first-order chi connectivity index (χ1) is 12.7. The van der Waals surface area contributed by atoms with Gasteiger partial charge in [0.1, 0.15) is 21.9 Å². The number of carbonyl (C=O) groups is 2. The summed E-state index contributed by atoms with van der Waals surface area (Å²) < 4.78 is 36.4. The second-order valence-corrected chi connectivity index (χ2v) is 7.15. The minimum absolute atomic E-state index is 0.0359. The fourth-order valence-electron chi connectivity index (χ4n) is 2.07. The first-order valence-electron chi connectivity index (χ1n) is 7.50. The number of aromatic amines is 1. The number of nitrogens with one attached hydrogen (secondary N) is 2. The Morgan fingerprint density at radius 1 is 1.22 bits per heavy atom. The van der Waals surface area contributed by atoms with Gasteiger partial charge in [-0.25, -0.2) is 17.9 Å². The molecular weight excluding hydrogens is 400 g/mol. The van der Waals surface area contributed by atoms with E-state index in [-0.39, 0.29) is 28.0 Å². The molecule has 1 aromatic carbocycles. The van der Waals surface area contributed by atoms with Gasteiger partial charge in [-0.1, -0.05) is 11.6 Å². The van der Waals surface area contributed by atoms with Crippen LogP contribution in [0, 0.1) is 0 Å². The van der Waals surface area contributed by atoms with Gasteiger partial charge in [0.05, 0.1) is 13.7 Å². The third-order valence-corrected chi connectivity index (χ3v) is 4.88. The first-order valence-corrected chi connectivity index (χ1v) is 9.37. The van der Waals surface area contributed by atoms with Crippen LogP contribution in [0.3, 0.4) is 0 Å². The summed E-state index contributed by atoms with van der Waals surface area (Å²) in [5.74, 6) is -2.00. The molecule has 0 bridgehead atoms. The van der Waals surface area contributed by atoms with Crippen molar-refractivity contribution in [2.45, 2.75) is 11.8 Å². The van der Waals surface area contributed by atoms with Crippen LogP contribution in [0.2, 0.25) is 5.02 Å². The highest BCUT2D eigenvalue weighted by Crippen LogP contribution is 2.26. The van der Waals surface area contributed by atoms with Crippen LogP contribution in [-0.4, -0.2) is 39.0 Å². The summed E-state index contributed by atoms with van der Waals surface area (Å²) >= 11 is 5.80. The van der Waals surface area contributed by atoms with Crippen molar-refractivity contribution in [2.75, 3.05) is 13.7 Å². The molecule has 144 valence electrons. The molecule has 0 aliphatic heterocycles. The van der Waals surface area contributed by atoms with Gasteiger partial charge in [0.25, 0.3) is 21.5 Å². The summed E-state index contributed by atoms with van der Waals surface area (Å²) in [5, 5.41) is 0.111. The van der Waals surface area contributed by atoms with Gasteiger partial charge in [-0.3, -0.25) is 9.59 Å². The van der Waals surface area contributed by atoms with Crippen LogP contribution < -0.4 is 15.0 Å². The highest BCUT2D eigenvalue weighted by molar-refractivity contribution is 7.90. The van der Waals surface area contributed by atoms with Crippen LogP contribution in [0.25, 0.3) is 0 Å². The van der Waals surface area contributed by atoms with E-state index >= 15 is 0 Å². The van der Waals surface area contributed by atoms with Crippen LogP contribution in [0.5, 0.6) is 5.75 Å². The van der Waals surface area contributed by atoms with Crippen LogP contribution in [0.15, 0.2) is 40.0 Å². The predicted octanol–water partition coefficient (Wildman–Crippen LogP) is 1.33. The number of ether oxygens (including phenoxy) is 2. The van der Waals surface area contributed by atoms with Gasteiger partial charge in [-0.15, -0.1) is 0 Å². The average Bonchev–Trinajstić information content (AvgIpc) is 2.61. The van der Waals surface area contributed by atoms with E-state index < -0.39 is 33.0 Å². The fraction of sp³-hybridized carbons (Fsp3) is 0.188. The zero-order chi connectivity index (χ0) is 20.2. The predicted molar refractivity (Wildman–Crippen MR) is 95.7 cm³/mol. The normalized spacial score (nSPS) is 10.9. The molecule has 0 saturated heterocycles. The molecular formula is C16H15ClN2O7S. The zero-order valence-electron chi connectivity index (χ0n) is 14.2. The highest BCUT2D eigenvalue weighted by atomic mass is 35.5. The standard InChI is InChI=1S/C16H15ClN2O7S/c1-3-26-16(22)11-6-5-10(14(20)18-11)15(21)19-27(23,24)13-8-9(17)4-7-12(13)25-2/h4-8H,3H2,1-2H3,(H,18,20)(H,19,21). The maximum atomic E-state index is 12.5. The summed E-state index contributed by atoms with van der Waals surface area (Å²) in [7, 11) is -3.13. The van der Waals surface area contributed by atoms with E-state index in [0.29, 0.717) is 0 Å². The lowest BCUT2D eigenvalue weighted by Crippen LogP contribution is -2.35. The Balaban J connectivity index is 2.33. The molecule has 27 heavy (non-hydrogen) atoms. The SMILES string of the molecule is CCOC(=O)c1ccc(C(=O)NS(=O)(=O)c2cc(Cl)ccc2OC)c(=O)[nH]1. The van der Waals surface area contributed by atoms with Crippen molar-refractivity contribution < 1.29 is 27.5 Å². The number of hydrogen-bond donors (Lipinski definition) is 2. The molecule has 0 atom stereocenters. The lowest BCUT2D eigenvalue weighted by molar-refractivity contribution is 0.0518. The lowest BCUT2D eigenvalue weighted by Gasteiger charge is -2.11. The van der Waals surface area contributed by atoms with Gasteiger partial charge in [0.15, 0.2) is 0 Å². The van der Waals surface area contributed by atoms with E-state index in [9.17, 15) is 22.8 Å². The summed E-state index contributed by atoms with van der Waals surface area (Å²) in [6, 6.07) is 6.00. The third-order valence-electron chi connectivity index (χ3n) is 3.29. The Labute approximate surface area is 159 Å². The molecule has 0 spiro atoms. The number of benzene rings is 1. The average molecular weight is 415 g/mol. The topological polar surface area (TPSA) is 132 Å². The highest BCUT2D eigenvalue weighted by Gasteiger charge is 2.25. The molecule has 0 radical (unpaired) electrons. The molecule has 9 nitrogen and oxygen atoms in total. The van der Waals surface area contributed by atoms with Crippen molar-refractivity contribution in [1.82, 2.24) is 9.71 Å². The quantitative estimate of drug-likeness (QED) is 0.681. The first kappa shape index (κ1) is 20.5. The van der Waals surface area contributed by atoms with Crippen molar-refractivity contribution in [3.05, 3.63) is 57.0 Å². The molecule has 0 aliphatic carbocycles. The number of carbonyl (C=O) groups excluding carboxylic acids is 2. The Morgan fingerprint density at radius 2 is 1.93 bits per heavy atom. The zero-order valence-corrected chi connectivity index (χ0v) is 15.8. The number of methoxy groups -OCH3 is 1. The number of esters is 1. The maximum Gasteiger partial charge on any atom is 0.354 e. The molecule has 1 amide bonds. The number of pyridine rings is 1. The van der Waals surface area contributed by atoms with Gasteiger partial charge < -0.3 is 14.5 Å². The number of hydrogen-bond acceptors (Lipinski definition) is 7. The van der Waals surface area contributed by atoms with Crippen molar-refractivity contribution in [3.63, 3.8) is 0 Å². The van der Waals surface area contributed by atoms with Gasteiger partial charge in [0.2, 0.25) is 0 Å². The van der Waals surface area contributed by atoms with E-state index in [1.807, 2.05) is 0 Å². The minimum Gasteiger partial charge on any atom is -0.495 e. The number of aromatic nitrogens is 1. The smallest absolute Gasteiger partial charge is 0.354 e. The summed E-state index contributed by atoms with van der Waals surface area (Å²) in [5.41, 5.74) is -1.63. The molecule has 0 unspecified atom stereocenters. The fourth-order valence-corrected chi connectivity index (χ4v) is 3.47. The van der Waals surface area contributed by atoms with Gasteiger partial charge >= 0.3 is 5.97 Å². The lowest BCUT2D eigenvalue weighted by atomic mass is 10.2. The van der Waals surface area contributed by atoms with Gasteiger partial charge in [-0.05, 0) is 37.3 Å². The number of amides is 1. The summed E-state index contributed by atoms with van der Waals surface area (Å²) in [6.45, 7) is 1.69. The molecule has 2 N–H and O–H groups in total. The van der Waals surface area contributed by atoms with E-state index in [1.54, 1.807) is 11.6 Å². The van der Waals surface area contributed by atoms with E-state index in [1.165, 1.54) is 19.2 Å². The van der Waals surface area contributed by atoms with Crippen molar-refractivity contribution >= 4 is 33.5 Å². The largest absolute Gasteiger partial charge is 0.495 e. The Bertz CT molecular complexity index is 1050.